The van der Waals surface area contributed by atoms with Crippen molar-refractivity contribution < 1.29 is 0 Å². The Morgan fingerprint density at radius 3 is 1.89 bits per heavy atom. The van der Waals surface area contributed by atoms with Crippen molar-refractivity contribution in [2.45, 2.75) is 146 Å². The first-order valence-corrected chi connectivity index (χ1v) is 24.2. The van der Waals surface area contributed by atoms with E-state index in [1.54, 1.807) is 22.4 Å². The zero-order valence-electron chi connectivity index (χ0n) is 40.8. The van der Waals surface area contributed by atoms with Crippen molar-refractivity contribution in [2.24, 2.45) is 22.2 Å². The van der Waals surface area contributed by atoms with Crippen LogP contribution in [0.5, 0.6) is 0 Å². The molecule has 0 spiro atoms. The number of nitrogens with zero attached hydrogens (tertiary/aromatic N) is 3. The van der Waals surface area contributed by atoms with E-state index in [0.29, 0.717) is 29.7 Å². The lowest BCUT2D eigenvalue weighted by molar-refractivity contribution is 0.468. The number of allylic oxidation sites excluding steroid dienone is 9. The van der Waals surface area contributed by atoms with Crippen LogP contribution < -0.4 is 9.80 Å². The lowest BCUT2D eigenvalue weighted by Gasteiger charge is -2.32. The van der Waals surface area contributed by atoms with E-state index in [4.69, 9.17) is 0 Å². The van der Waals surface area contributed by atoms with Gasteiger partial charge in [-0.15, -0.1) is 0 Å². The summed E-state index contributed by atoms with van der Waals surface area (Å²) in [5.74, 6) is 1.64. The van der Waals surface area contributed by atoms with Crippen LogP contribution in [0.3, 0.4) is 0 Å². The minimum Gasteiger partial charge on any atom is -0.340 e. The Morgan fingerprint density at radius 2 is 1.32 bits per heavy atom. The van der Waals surface area contributed by atoms with Crippen LogP contribution in [0.2, 0.25) is 0 Å². The number of hydrogen-bond acceptors (Lipinski definition) is 2. The van der Waals surface area contributed by atoms with E-state index in [-0.39, 0.29) is 16.2 Å². The molecule has 3 aliphatic heterocycles. The summed E-state index contributed by atoms with van der Waals surface area (Å²) in [6, 6.07) is 26.4. The fraction of sp³-hybridized carbons (Fsp3) is 0.433. The largest absolute Gasteiger partial charge is 0.340 e. The molecule has 0 fully saturated rings. The summed E-state index contributed by atoms with van der Waals surface area (Å²) in [7, 11) is 0. The van der Waals surface area contributed by atoms with Gasteiger partial charge in [0.25, 0.3) is 0 Å². The molecule has 3 aliphatic carbocycles. The van der Waals surface area contributed by atoms with E-state index in [9.17, 15) is 0 Å². The lowest BCUT2D eigenvalue weighted by Crippen LogP contribution is -2.23. The van der Waals surface area contributed by atoms with E-state index in [0.717, 1.165) is 25.7 Å². The van der Waals surface area contributed by atoms with Gasteiger partial charge in [-0.3, -0.25) is 0 Å². The molecule has 0 saturated carbocycles. The Hall–Kier alpha value is -5.02. The van der Waals surface area contributed by atoms with Crippen LogP contribution in [0, 0.1) is 22.2 Å². The maximum atomic E-state index is 2.83. The first-order chi connectivity index (χ1) is 29.7. The summed E-state index contributed by atoms with van der Waals surface area (Å²) in [5, 5.41) is 0. The van der Waals surface area contributed by atoms with E-state index in [1.807, 2.05) is 0 Å². The predicted molar refractivity (Wildman–Crippen MR) is 269 cm³/mol. The molecule has 0 amide bonds. The lowest BCUT2D eigenvalue weighted by atomic mass is 9.72. The third-order valence-corrected chi connectivity index (χ3v) is 15.7. The molecule has 0 saturated heterocycles. The minimum absolute atomic E-state index is 0.0907. The molecule has 6 aliphatic rings. The highest BCUT2D eigenvalue weighted by molar-refractivity contribution is 5.89. The van der Waals surface area contributed by atoms with Crippen molar-refractivity contribution in [3.05, 3.63) is 163 Å². The molecule has 4 heterocycles. The summed E-state index contributed by atoms with van der Waals surface area (Å²) < 4.78 is 2.83. The molecule has 3 aromatic carbocycles. The molecule has 4 aromatic rings. The highest BCUT2D eigenvalue weighted by atomic mass is 15.2. The third-order valence-electron chi connectivity index (χ3n) is 15.7. The molecular weight excluding hydrogens is 763 g/mol. The molecule has 326 valence electrons. The number of fused-ring (bicyclic) bond motifs is 11. The smallest absolute Gasteiger partial charge is 0.0587 e. The second-order valence-electron chi connectivity index (χ2n) is 23.5. The van der Waals surface area contributed by atoms with Crippen LogP contribution in [0.25, 0.3) is 12.2 Å². The average molecular weight is 834 g/mol. The number of rotatable bonds is 6. The Bertz CT molecular complexity index is 2670. The highest BCUT2D eigenvalue weighted by Gasteiger charge is 2.51. The first kappa shape index (κ1) is 42.0. The van der Waals surface area contributed by atoms with Gasteiger partial charge in [0.05, 0.1) is 11.7 Å². The maximum Gasteiger partial charge on any atom is 0.0587 e. The monoisotopic (exact) mass is 834 g/mol. The molecule has 0 bridgehead atoms. The van der Waals surface area contributed by atoms with Crippen molar-refractivity contribution in [2.75, 3.05) is 9.80 Å². The predicted octanol–water partition coefficient (Wildman–Crippen LogP) is 16.8. The summed E-state index contributed by atoms with van der Waals surface area (Å²) >= 11 is 0. The molecule has 3 heteroatoms. The van der Waals surface area contributed by atoms with Gasteiger partial charge in [-0.2, -0.15) is 0 Å². The van der Waals surface area contributed by atoms with Crippen LogP contribution in [-0.2, 0) is 12.8 Å². The van der Waals surface area contributed by atoms with Gasteiger partial charge in [0.2, 0.25) is 0 Å². The summed E-state index contributed by atoms with van der Waals surface area (Å²) in [6.07, 6.45) is 17.2. The Balaban J connectivity index is 1.15. The number of anilines is 4. The van der Waals surface area contributed by atoms with E-state index in [2.05, 4.69) is 208 Å². The van der Waals surface area contributed by atoms with Gasteiger partial charge in [0.15, 0.2) is 0 Å². The van der Waals surface area contributed by atoms with Gasteiger partial charge >= 0.3 is 0 Å². The van der Waals surface area contributed by atoms with Crippen LogP contribution in [0.1, 0.15) is 173 Å². The molecule has 3 nitrogen and oxygen atoms in total. The summed E-state index contributed by atoms with van der Waals surface area (Å²) in [4.78, 5) is 5.23. The Morgan fingerprint density at radius 1 is 0.698 bits per heavy atom. The number of hydrogen-bond donors (Lipinski definition) is 0. The van der Waals surface area contributed by atoms with E-state index in [1.165, 1.54) is 78.8 Å². The molecule has 0 N–H and O–H groups in total. The van der Waals surface area contributed by atoms with E-state index >= 15 is 0 Å². The van der Waals surface area contributed by atoms with Gasteiger partial charge in [0, 0.05) is 75.6 Å². The topological polar surface area (TPSA) is 11.4 Å². The summed E-state index contributed by atoms with van der Waals surface area (Å²) in [5.41, 5.74) is 26.2. The SMILES string of the molecule is C/C(=C\c1c2c(n3c1CC1=CC(C(C)(C)C)=CCC13)CC1C(=C2)N2C3=C1C=C(C(C)(C)C)CC3c1ccc(N(c3ccc(C(C)C)cc3)c3ccc(C(C)C)cc3)cc12)C(C)(C)C. The zero-order chi connectivity index (χ0) is 44.7. The second kappa shape index (κ2) is 14.5. The fourth-order valence-electron chi connectivity index (χ4n) is 11.4. The average Bonchev–Trinajstić information content (AvgIpc) is 3.94. The van der Waals surface area contributed by atoms with Gasteiger partial charge in [-0.25, -0.2) is 0 Å². The molecule has 3 unspecified atom stereocenters. The van der Waals surface area contributed by atoms with Crippen molar-refractivity contribution in [3.63, 3.8) is 0 Å². The maximum absolute atomic E-state index is 2.83. The van der Waals surface area contributed by atoms with Gasteiger partial charge in [-0.1, -0.05) is 156 Å². The van der Waals surface area contributed by atoms with Crippen molar-refractivity contribution in [1.82, 2.24) is 4.57 Å². The van der Waals surface area contributed by atoms with Crippen molar-refractivity contribution >= 4 is 34.9 Å². The van der Waals surface area contributed by atoms with Gasteiger partial charge < -0.3 is 14.4 Å². The standard InChI is InChI=1S/C60H71N3/c1-35(2)38-15-20-43(21-16-38)61(44-22-17-39(18-23-44)36(3)4)45-24-25-46-50-30-42(60(12,13)14)31-51-49-34-55-48(33-56(49)63(57(50)51)54(46)32-45)47(27-37(5)58(6,7)8)53-29-40-28-41(59(9,10)11)19-26-52(40)62(53)55/h15-25,27-28,31-33,35-36,49-50,52H,26,29-30,34H2,1-14H3/b37-27+. The molecule has 3 atom stereocenters. The minimum atomic E-state index is 0.0907. The third kappa shape index (κ3) is 6.81. The number of aromatic nitrogens is 1. The van der Waals surface area contributed by atoms with Gasteiger partial charge in [-0.05, 0) is 124 Å². The van der Waals surface area contributed by atoms with Crippen LogP contribution >= 0.6 is 0 Å². The molecular formula is C60H71N3. The fourth-order valence-corrected chi connectivity index (χ4v) is 11.4. The second-order valence-corrected chi connectivity index (χ2v) is 23.5. The summed E-state index contributed by atoms with van der Waals surface area (Å²) in [6.45, 7) is 32.9. The molecule has 10 rings (SSSR count). The first-order valence-electron chi connectivity index (χ1n) is 24.2. The Labute approximate surface area is 379 Å². The van der Waals surface area contributed by atoms with Gasteiger partial charge in [0.1, 0.15) is 0 Å². The van der Waals surface area contributed by atoms with E-state index < -0.39 is 0 Å². The van der Waals surface area contributed by atoms with Crippen molar-refractivity contribution in [3.8, 4) is 0 Å². The van der Waals surface area contributed by atoms with Crippen molar-refractivity contribution in [1.29, 1.82) is 0 Å². The van der Waals surface area contributed by atoms with Crippen LogP contribution in [0.15, 0.2) is 124 Å². The number of benzene rings is 3. The zero-order valence-corrected chi connectivity index (χ0v) is 40.8. The quantitative estimate of drug-likeness (QED) is 0.192. The van der Waals surface area contributed by atoms with Crippen LogP contribution in [-0.4, -0.2) is 4.57 Å². The molecule has 0 radical (unpaired) electrons. The molecule has 1 aromatic heterocycles. The Kier molecular flexibility index (Phi) is 9.66. The highest BCUT2D eigenvalue weighted by Crippen LogP contribution is 2.63. The normalized spacial score (nSPS) is 21.4. The van der Waals surface area contributed by atoms with Crippen LogP contribution in [0.4, 0.5) is 22.7 Å². The molecule has 63 heavy (non-hydrogen) atoms.